The van der Waals surface area contributed by atoms with E-state index in [1.54, 1.807) is 38.4 Å². The van der Waals surface area contributed by atoms with E-state index in [0.29, 0.717) is 17.4 Å². The maximum Gasteiger partial charge on any atom is 0.329 e. The van der Waals surface area contributed by atoms with Crippen molar-refractivity contribution in [1.82, 2.24) is 9.97 Å². The van der Waals surface area contributed by atoms with Gasteiger partial charge in [0, 0.05) is 12.7 Å². The van der Waals surface area contributed by atoms with E-state index in [-0.39, 0.29) is 11.5 Å². The summed E-state index contributed by atoms with van der Waals surface area (Å²) in [7, 11) is 3.20. The van der Waals surface area contributed by atoms with Gasteiger partial charge in [0.25, 0.3) is 0 Å². The van der Waals surface area contributed by atoms with E-state index >= 15 is 0 Å². The smallest absolute Gasteiger partial charge is 0.329 e. The quantitative estimate of drug-likeness (QED) is 0.636. The summed E-state index contributed by atoms with van der Waals surface area (Å²) in [4.78, 5) is 18.3. The van der Waals surface area contributed by atoms with Gasteiger partial charge in [0.1, 0.15) is 11.9 Å². The molecule has 0 unspecified atom stereocenters. The molecular weight excluding hydrogens is 262 g/mol. The predicted octanol–water partition coefficient (Wildman–Crippen LogP) is 2.18. The van der Waals surface area contributed by atoms with Gasteiger partial charge in [-0.3, -0.25) is 10.1 Å². The van der Waals surface area contributed by atoms with Gasteiger partial charge in [0.2, 0.25) is 11.8 Å². The molecule has 0 radical (unpaired) electrons. The molecular formula is C12H13N5O3. The van der Waals surface area contributed by atoms with Crippen LogP contribution in [0.15, 0.2) is 30.5 Å². The van der Waals surface area contributed by atoms with Crippen LogP contribution in [0.25, 0.3) is 0 Å². The second-order valence-corrected chi connectivity index (χ2v) is 3.79. The molecule has 1 heterocycles. The van der Waals surface area contributed by atoms with Gasteiger partial charge in [0.15, 0.2) is 0 Å². The SMILES string of the molecule is CNc1ncc([N+](=O)[O-])c(Nc2ccc(OC)cc2)n1. The lowest BCUT2D eigenvalue weighted by Gasteiger charge is -2.08. The molecule has 1 aromatic carbocycles. The van der Waals surface area contributed by atoms with Gasteiger partial charge in [-0.1, -0.05) is 0 Å². The van der Waals surface area contributed by atoms with E-state index < -0.39 is 4.92 Å². The first kappa shape index (κ1) is 13.5. The zero-order valence-corrected chi connectivity index (χ0v) is 11.0. The zero-order valence-electron chi connectivity index (χ0n) is 11.0. The molecule has 0 aliphatic heterocycles. The molecule has 0 amide bonds. The molecule has 2 aromatic rings. The molecule has 2 N–H and O–H groups in total. The van der Waals surface area contributed by atoms with Crippen LogP contribution in [0.5, 0.6) is 5.75 Å². The predicted molar refractivity (Wildman–Crippen MR) is 74.5 cm³/mol. The van der Waals surface area contributed by atoms with Gasteiger partial charge in [-0.05, 0) is 24.3 Å². The van der Waals surface area contributed by atoms with Crippen LogP contribution in [0.3, 0.4) is 0 Å². The molecule has 2 rings (SSSR count). The van der Waals surface area contributed by atoms with Gasteiger partial charge in [-0.25, -0.2) is 4.98 Å². The summed E-state index contributed by atoms with van der Waals surface area (Å²) < 4.78 is 5.05. The van der Waals surface area contributed by atoms with E-state index in [2.05, 4.69) is 20.6 Å². The molecule has 0 bridgehead atoms. The fourth-order valence-electron chi connectivity index (χ4n) is 1.53. The van der Waals surface area contributed by atoms with Crippen molar-refractivity contribution in [2.24, 2.45) is 0 Å². The Morgan fingerprint density at radius 3 is 2.55 bits per heavy atom. The summed E-state index contributed by atoms with van der Waals surface area (Å²) in [6, 6.07) is 6.97. The number of ether oxygens (including phenoxy) is 1. The molecule has 8 nitrogen and oxygen atoms in total. The van der Waals surface area contributed by atoms with Gasteiger partial charge in [-0.2, -0.15) is 4.98 Å². The maximum atomic E-state index is 11.0. The number of rotatable bonds is 5. The third-order valence-electron chi connectivity index (χ3n) is 2.54. The highest BCUT2D eigenvalue weighted by Crippen LogP contribution is 2.26. The third-order valence-corrected chi connectivity index (χ3v) is 2.54. The van der Waals surface area contributed by atoms with Gasteiger partial charge >= 0.3 is 5.69 Å². The van der Waals surface area contributed by atoms with Crippen molar-refractivity contribution in [1.29, 1.82) is 0 Å². The van der Waals surface area contributed by atoms with Crippen molar-refractivity contribution < 1.29 is 9.66 Å². The molecule has 1 aromatic heterocycles. The van der Waals surface area contributed by atoms with E-state index in [9.17, 15) is 10.1 Å². The lowest BCUT2D eigenvalue weighted by Crippen LogP contribution is -2.04. The summed E-state index contributed by atoms with van der Waals surface area (Å²) in [6.07, 6.45) is 1.16. The number of nitrogens with zero attached hydrogens (tertiary/aromatic N) is 3. The minimum Gasteiger partial charge on any atom is -0.497 e. The average Bonchev–Trinajstić information content (AvgIpc) is 2.47. The Labute approximate surface area is 115 Å². The first-order chi connectivity index (χ1) is 9.63. The minimum atomic E-state index is -0.536. The van der Waals surface area contributed by atoms with E-state index in [1.165, 1.54) is 0 Å². The van der Waals surface area contributed by atoms with E-state index in [4.69, 9.17) is 4.74 Å². The third kappa shape index (κ3) is 2.91. The Hall–Kier alpha value is -2.90. The summed E-state index contributed by atoms with van der Waals surface area (Å²) in [6.45, 7) is 0. The lowest BCUT2D eigenvalue weighted by atomic mass is 10.3. The Morgan fingerprint density at radius 1 is 1.30 bits per heavy atom. The number of aromatic nitrogens is 2. The van der Waals surface area contributed by atoms with Gasteiger partial charge < -0.3 is 15.4 Å². The number of hydrogen-bond donors (Lipinski definition) is 2. The number of nitrogens with one attached hydrogen (secondary N) is 2. The van der Waals surface area contributed by atoms with Crippen molar-refractivity contribution >= 4 is 23.1 Å². The number of hydrogen-bond acceptors (Lipinski definition) is 7. The van der Waals surface area contributed by atoms with Crippen LogP contribution in [0.2, 0.25) is 0 Å². The number of methoxy groups -OCH3 is 1. The molecule has 0 saturated heterocycles. The highest BCUT2D eigenvalue weighted by Gasteiger charge is 2.17. The van der Waals surface area contributed by atoms with Crippen molar-refractivity contribution in [3.05, 3.63) is 40.6 Å². The Morgan fingerprint density at radius 2 is 2.00 bits per heavy atom. The average molecular weight is 275 g/mol. The van der Waals surface area contributed by atoms with Crippen LogP contribution in [-0.4, -0.2) is 29.0 Å². The fourth-order valence-corrected chi connectivity index (χ4v) is 1.53. The minimum absolute atomic E-state index is 0.125. The second kappa shape index (κ2) is 5.83. The topological polar surface area (TPSA) is 102 Å². The van der Waals surface area contributed by atoms with Crippen LogP contribution < -0.4 is 15.4 Å². The Kier molecular flexibility index (Phi) is 3.94. The van der Waals surface area contributed by atoms with E-state index in [0.717, 1.165) is 6.20 Å². The summed E-state index contributed by atoms with van der Waals surface area (Å²) >= 11 is 0. The van der Waals surface area contributed by atoms with Crippen LogP contribution in [0, 0.1) is 10.1 Å². The summed E-state index contributed by atoms with van der Waals surface area (Å²) in [5.41, 5.74) is 0.467. The van der Waals surface area contributed by atoms with Crippen LogP contribution in [0.4, 0.5) is 23.1 Å². The highest BCUT2D eigenvalue weighted by atomic mass is 16.6. The van der Waals surface area contributed by atoms with Crippen LogP contribution in [0.1, 0.15) is 0 Å². The molecule has 0 spiro atoms. The van der Waals surface area contributed by atoms with Crippen molar-refractivity contribution in [2.75, 3.05) is 24.8 Å². The molecule has 0 atom stereocenters. The molecule has 0 saturated carbocycles. The fraction of sp³-hybridized carbons (Fsp3) is 0.167. The van der Waals surface area contributed by atoms with Crippen LogP contribution >= 0.6 is 0 Å². The molecule has 0 aliphatic rings. The van der Waals surface area contributed by atoms with Crippen LogP contribution in [-0.2, 0) is 0 Å². The molecule has 0 aliphatic carbocycles. The first-order valence-electron chi connectivity index (χ1n) is 5.74. The van der Waals surface area contributed by atoms with Crippen molar-refractivity contribution in [2.45, 2.75) is 0 Å². The van der Waals surface area contributed by atoms with Gasteiger partial charge in [0.05, 0.1) is 12.0 Å². The summed E-state index contributed by atoms with van der Waals surface area (Å²) in [5, 5.41) is 16.6. The van der Waals surface area contributed by atoms with E-state index in [1.807, 2.05) is 0 Å². The largest absolute Gasteiger partial charge is 0.497 e. The van der Waals surface area contributed by atoms with Crippen molar-refractivity contribution in [3.63, 3.8) is 0 Å². The second-order valence-electron chi connectivity index (χ2n) is 3.79. The number of nitro groups is 1. The van der Waals surface area contributed by atoms with Crippen molar-refractivity contribution in [3.8, 4) is 5.75 Å². The maximum absolute atomic E-state index is 11.0. The zero-order chi connectivity index (χ0) is 14.5. The molecule has 20 heavy (non-hydrogen) atoms. The molecule has 0 fully saturated rings. The molecule has 104 valence electrons. The molecule has 8 heteroatoms. The lowest BCUT2D eigenvalue weighted by molar-refractivity contribution is -0.384. The Balaban J connectivity index is 2.32. The highest BCUT2D eigenvalue weighted by molar-refractivity contribution is 5.66. The number of anilines is 3. The monoisotopic (exact) mass is 275 g/mol. The summed E-state index contributed by atoms with van der Waals surface area (Å²) in [5.74, 6) is 1.12. The number of benzene rings is 1. The standard InChI is InChI=1S/C12H13N5O3/c1-13-12-14-7-10(17(18)19)11(16-12)15-8-3-5-9(20-2)6-4-8/h3-7H,1-2H3,(H2,13,14,15,16). The normalized spacial score (nSPS) is 9.90. The first-order valence-corrected chi connectivity index (χ1v) is 5.74. The van der Waals surface area contributed by atoms with Gasteiger partial charge in [-0.15, -0.1) is 0 Å². The Bertz CT molecular complexity index is 615.